The fourth-order valence-corrected chi connectivity index (χ4v) is 2.48. The van der Waals surface area contributed by atoms with Gasteiger partial charge in [-0.15, -0.1) is 0 Å². The highest BCUT2D eigenvalue weighted by atomic mass is 79.9. The Morgan fingerprint density at radius 2 is 1.84 bits per heavy atom. The molecular weight excluding hydrogens is 306 g/mol. The van der Waals surface area contributed by atoms with Crippen molar-refractivity contribution in [3.8, 4) is 0 Å². The van der Waals surface area contributed by atoms with E-state index in [4.69, 9.17) is 0 Å². The molecule has 0 atom stereocenters. The Labute approximate surface area is 122 Å². The number of hydrogen-bond acceptors (Lipinski definition) is 3. The third-order valence-corrected chi connectivity index (χ3v) is 3.93. The summed E-state index contributed by atoms with van der Waals surface area (Å²) in [7, 11) is 0. The normalized spacial score (nSPS) is 17.6. The third-order valence-electron chi connectivity index (χ3n) is 3.46. The van der Waals surface area contributed by atoms with Gasteiger partial charge in [0.2, 0.25) is 0 Å². The molecule has 1 fully saturated rings. The van der Waals surface area contributed by atoms with E-state index in [9.17, 15) is 4.79 Å². The molecule has 1 aliphatic heterocycles. The number of hydrogen-bond donors (Lipinski definition) is 0. The molecule has 0 saturated carbocycles. The van der Waals surface area contributed by atoms with E-state index in [-0.39, 0.29) is 11.4 Å². The number of carbonyl (C=O) groups is 1. The Balaban J connectivity index is 1.98. The molecule has 1 aromatic heterocycles. The maximum atomic E-state index is 12.3. The quantitative estimate of drug-likeness (QED) is 0.795. The van der Waals surface area contributed by atoms with E-state index in [0.717, 1.165) is 30.7 Å². The molecule has 5 heteroatoms. The van der Waals surface area contributed by atoms with Crippen LogP contribution in [0.25, 0.3) is 0 Å². The predicted octanol–water partition coefficient (Wildman–Crippen LogP) is 2.40. The van der Waals surface area contributed by atoms with Crippen molar-refractivity contribution in [2.24, 2.45) is 0 Å². The molecule has 0 radical (unpaired) electrons. The van der Waals surface area contributed by atoms with Crippen molar-refractivity contribution in [1.29, 1.82) is 0 Å². The van der Waals surface area contributed by atoms with Crippen LogP contribution in [0.2, 0.25) is 0 Å². The number of nitrogens with zero attached hydrogens (tertiary/aromatic N) is 3. The first-order chi connectivity index (χ1) is 8.88. The molecule has 1 saturated heterocycles. The van der Waals surface area contributed by atoms with Crippen LogP contribution >= 0.6 is 15.9 Å². The van der Waals surface area contributed by atoms with Crippen molar-refractivity contribution in [3.63, 3.8) is 0 Å². The van der Waals surface area contributed by atoms with E-state index in [1.807, 2.05) is 11.0 Å². The highest BCUT2D eigenvalue weighted by molar-refractivity contribution is 9.10. The second kappa shape index (κ2) is 5.59. The van der Waals surface area contributed by atoms with Gasteiger partial charge in [-0.2, -0.15) is 0 Å². The monoisotopic (exact) mass is 325 g/mol. The Kier molecular flexibility index (Phi) is 4.26. The molecular formula is C14H20BrN3O. The number of carbonyl (C=O) groups excluding carboxylic acids is 1. The highest BCUT2D eigenvalue weighted by Crippen LogP contribution is 2.17. The SMILES string of the molecule is CC(C)(C)N1CCN(C(=O)c2ccc(Br)cn2)CC1. The van der Waals surface area contributed by atoms with E-state index in [0.29, 0.717) is 5.69 Å². The summed E-state index contributed by atoms with van der Waals surface area (Å²) in [5, 5.41) is 0. The van der Waals surface area contributed by atoms with Gasteiger partial charge in [0, 0.05) is 42.4 Å². The van der Waals surface area contributed by atoms with E-state index in [1.54, 1.807) is 12.3 Å². The van der Waals surface area contributed by atoms with Gasteiger partial charge in [0.15, 0.2) is 0 Å². The topological polar surface area (TPSA) is 36.4 Å². The van der Waals surface area contributed by atoms with Crippen molar-refractivity contribution < 1.29 is 4.79 Å². The standard InChI is InChI=1S/C14H20BrN3O/c1-14(2,3)18-8-6-17(7-9-18)13(19)12-5-4-11(15)10-16-12/h4-5,10H,6-9H2,1-3H3. The Morgan fingerprint density at radius 3 is 2.32 bits per heavy atom. The zero-order valence-electron chi connectivity index (χ0n) is 11.7. The zero-order chi connectivity index (χ0) is 14.0. The van der Waals surface area contributed by atoms with Crippen LogP contribution in [0.1, 0.15) is 31.3 Å². The first kappa shape index (κ1) is 14.5. The van der Waals surface area contributed by atoms with Gasteiger partial charge < -0.3 is 4.90 Å². The summed E-state index contributed by atoms with van der Waals surface area (Å²) in [6.07, 6.45) is 1.67. The second-order valence-corrected chi connectivity index (χ2v) is 6.73. The molecule has 0 N–H and O–H groups in total. The number of aromatic nitrogens is 1. The van der Waals surface area contributed by atoms with Gasteiger partial charge in [-0.1, -0.05) is 0 Å². The molecule has 1 aromatic rings. The van der Waals surface area contributed by atoms with Crippen LogP contribution in [0.5, 0.6) is 0 Å². The van der Waals surface area contributed by atoms with Crippen molar-refractivity contribution in [2.45, 2.75) is 26.3 Å². The number of piperazine rings is 1. The minimum Gasteiger partial charge on any atom is -0.335 e. The fourth-order valence-electron chi connectivity index (χ4n) is 2.24. The predicted molar refractivity (Wildman–Crippen MR) is 79.2 cm³/mol. The molecule has 0 unspecified atom stereocenters. The first-order valence-corrected chi connectivity index (χ1v) is 7.33. The highest BCUT2D eigenvalue weighted by Gasteiger charge is 2.28. The third kappa shape index (κ3) is 3.54. The summed E-state index contributed by atoms with van der Waals surface area (Å²) in [5.41, 5.74) is 0.692. The van der Waals surface area contributed by atoms with Gasteiger partial charge in [-0.3, -0.25) is 9.69 Å². The van der Waals surface area contributed by atoms with Gasteiger partial charge in [-0.05, 0) is 48.8 Å². The van der Waals surface area contributed by atoms with Crippen molar-refractivity contribution in [2.75, 3.05) is 26.2 Å². The second-order valence-electron chi connectivity index (χ2n) is 5.81. The molecule has 19 heavy (non-hydrogen) atoms. The van der Waals surface area contributed by atoms with Crippen LogP contribution in [0.4, 0.5) is 0 Å². The van der Waals surface area contributed by atoms with Crippen molar-refractivity contribution in [3.05, 3.63) is 28.5 Å². The van der Waals surface area contributed by atoms with Crippen molar-refractivity contribution in [1.82, 2.24) is 14.8 Å². The van der Waals surface area contributed by atoms with Gasteiger partial charge in [-0.25, -0.2) is 4.98 Å². The van der Waals surface area contributed by atoms with Crippen molar-refractivity contribution >= 4 is 21.8 Å². The van der Waals surface area contributed by atoms with E-state index in [2.05, 4.69) is 46.6 Å². The number of halogens is 1. The minimum atomic E-state index is 0.0288. The fraction of sp³-hybridized carbons (Fsp3) is 0.571. The van der Waals surface area contributed by atoms with Crippen LogP contribution in [0, 0.1) is 0 Å². The van der Waals surface area contributed by atoms with Gasteiger partial charge >= 0.3 is 0 Å². The van der Waals surface area contributed by atoms with Gasteiger partial charge in [0.1, 0.15) is 5.69 Å². The summed E-state index contributed by atoms with van der Waals surface area (Å²) >= 11 is 3.33. The molecule has 0 spiro atoms. The molecule has 1 aliphatic rings. The van der Waals surface area contributed by atoms with E-state index >= 15 is 0 Å². The van der Waals surface area contributed by atoms with Gasteiger partial charge in [0.05, 0.1) is 0 Å². The molecule has 104 valence electrons. The van der Waals surface area contributed by atoms with E-state index < -0.39 is 0 Å². The maximum absolute atomic E-state index is 12.3. The lowest BCUT2D eigenvalue weighted by Gasteiger charge is -2.42. The molecule has 4 nitrogen and oxygen atoms in total. The zero-order valence-corrected chi connectivity index (χ0v) is 13.3. The Morgan fingerprint density at radius 1 is 1.21 bits per heavy atom. The van der Waals surface area contributed by atoms with E-state index in [1.165, 1.54) is 0 Å². The first-order valence-electron chi connectivity index (χ1n) is 6.54. The molecule has 0 aromatic carbocycles. The largest absolute Gasteiger partial charge is 0.335 e. The number of pyridine rings is 1. The summed E-state index contributed by atoms with van der Waals surface area (Å²) < 4.78 is 0.890. The minimum absolute atomic E-state index is 0.0288. The number of amides is 1. The molecule has 0 aliphatic carbocycles. The van der Waals surface area contributed by atoms with Crippen LogP contribution < -0.4 is 0 Å². The summed E-state index contributed by atoms with van der Waals surface area (Å²) in [6.45, 7) is 10.0. The van der Waals surface area contributed by atoms with Gasteiger partial charge in [0.25, 0.3) is 5.91 Å². The number of rotatable bonds is 1. The van der Waals surface area contributed by atoms with Crippen LogP contribution in [0.3, 0.4) is 0 Å². The molecule has 2 heterocycles. The maximum Gasteiger partial charge on any atom is 0.272 e. The van der Waals surface area contributed by atoms with Crippen LogP contribution in [-0.2, 0) is 0 Å². The molecule has 0 bridgehead atoms. The lowest BCUT2D eigenvalue weighted by atomic mass is 10.0. The summed E-state index contributed by atoms with van der Waals surface area (Å²) in [6, 6.07) is 3.62. The van der Waals surface area contributed by atoms with Crippen LogP contribution in [-0.4, -0.2) is 52.4 Å². The summed E-state index contributed by atoms with van der Waals surface area (Å²) in [4.78, 5) is 20.8. The Bertz CT molecular complexity index is 445. The van der Waals surface area contributed by atoms with Crippen LogP contribution in [0.15, 0.2) is 22.8 Å². The molecule has 1 amide bonds. The average molecular weight is 326 g/mol. The smallest absolute Gasteiger partial charge is 0.272 e. The summed E-state index contributed by atoms with van der Waals surface area (Å²) in [5.74, 6) is 0.0288. The lowest BCUT2D eigenvalue weighted by Crippen LogP contribution is -2.54. The molecule has 2 rings (SSSR count). The Hall–Kier alpha value is -0.940. The lowest BCUT2D eigenvalue weighted by molar-refractivity contribution is 0.0447. The average Bonchev–Trinajstić information content (AvgIpc) is 2.38.